The summed E-state index contributed by atoms with van der Waals surface area (Å²) in [7, 11) is 0. The maximum atomic E-state index is 12.4. The van der Waals surface area contributed by atoms with Crippen LogP contribution in [-0.2, 0) is 0 Å². The van der Waals surface area contributed by atoms with Crippen molar-refractivity contribution in [1.29, 1.82) is 0 Å². The van der Waals surface area contributed by atoms with Gasteiger partial charge in [-0.25, -0.2) is 0 Å². The van der Waals surface area contributed by atoms with Crippen molar-refractivity contribution in [3.05, 3.63) is 46.5 Å². The molecular formula is C14H14BrNO. The second-order valence-electron chi connectivity index (χ2n) is 4.68. The van der Waals surface area contributed by atoms with Crippen LogP contribution in [0.1, 0.15) is 29.6 Å². The fourth-order valence-electron chi connectivity index (χ4n) is 2.78. The number of nitrogens with zero attached hydrogens (tertiary/aromatic N) is 1. The molecule has 0 N–H and O–H groups in total. The molecule has 3 heteroatoms. The molecule has 3 rings (SSSR count). The maximum absolute atomic E-state index is 12.4. The molecule has 1 fully saturated rings. The standard InChI is InChI=1S/C14H14BrNO/c15-11-6-4-10(5-7-11)14(17)16-12-2-1-3-13(16)9-8-12/h1-2,4-7,12-13H,3,8-9H2. The molecule has 2 aliphatic rings. The smallest absolute Gasteiger partial charge is 0.254 e. The minimum atomic E-state index is 0.175. The second-order valence-corrected chi connectivity index (χ2v) is 5.60. The summed E-state index contributed by atoms with van der Waals surface area (Å²) in [4.78, 5) is 14.5. The highest BCUT2D eigenvalue weighted by atomic mass is 79.9. The molecule has 88 valence electrons. The third-order valence-electron chi connectivity index (χ3n) is 3.64. The van der Waals surface area contributed by atoms with Gasteiger partial charge < -0.3 is 4.90 Å². The predicted molar refractivity (Wildman–Crippen MR) is 70.9 cm³/mol. The summed E-state index contributed by atoms with van der Waals surface area (Å²) in [5.41, 5.74) is 0.792. The highest BCUT2D eigenvalue weighted by molar-refractivity contribution is 9.10. The zero-order valence-electron chi connectivity index (χ0n) is 9.47. The fourth-order valence-corrected chi connectivity index (χ4v) is 3.05. The number of benzene rings is 1. The van der Waals surface area contributed by atoms with Crippen molar-refractivity contribution in [2.75, 3.05) is 0 Å². The van der Waals surface area contributed by atoms with E-state index in [4.69, 9.17) is 0 Å². The minimum Gasteiger partial charge on any atom is -0.329 e. The van der Waals surface area contributed by atoms with Gasteiger partial charge in [0.15, 0.2) is 0 Å². The Bertz CT molecular complexity index is 466. The third kappa shape index (κ3) is 1.93. The lowest BCUT2D eigenvalue weighted by molar-refractivity contribution is 0.0689. The van der Waals surface area contributed by atoms with Crippen molar-refractivity contribution in [2.24, 2.45) is 0 Å². The van der Waals surface area contributed by atoms with E-state index in [1.807, 2.05) is 24.3 Å². The van der Waals surface area contributed by atoms with E-state index in [-0.39, 0.29) is 5.91 Å². The van der Waals surface area contributed by atoms with Crippen molar-refractivity contribution in [1.82, 2.24) is 4.90 Å². The molecule has 0 spiro atoms. The average molecular weight is 292 g/mol. The largest absolute Gasteiger partial charge is 0.329 e. The van der Waals surface area contributed by atoms with E-state index < -0.39 is 0 Å². The Morgan fingerprint density at radius 2 is 2.00 bits per heavy atom. The van der Waals surface area contributed by atoms with Crippen molar-refractivity contribution >= 4 is 21.8 Å². The SMILES string of the molecule is O=C(c1ccc(Br)cc1)N1C2C=CCC1CC2. The van der Waals surface area contributed by atoms with Crippen molar-refractivity contribution < 1.29 is 4.79 Å². The first kappa shape index (κ1) is 11.0. The molecule has 2 bridgehead atoms. The van der Waals surface area contributed by atoms with Crippen LogP contribution in [0.15, 0.2) is 40.9 Å². The predicted octanol–water partition coefficient (Wildman–Crippen LogP) is 3.38. The molecule has 2 aliphatic heterocycles. The van der Waals surface area contributed by atoms with Crippen LogP contribution in [0.3, 0.4) is 0 Å². The Hall–Kier alpha value is -1.09. The molecule has 1 aromatic rings. The number of rotatable bonds is 1. The third-order valence-corrected chi connectivity index (χ3v) is 4.17. The quantitative estimate of drug-likeness (QED) is 0.727. The van der Waals surface area contributed by atoms with E-state index in [0.717, 1.165) is 29.3 Å². The van der Waals surface area contributed by atoms with Crippen LogP contribution in [-0.4, -0.2) is 22.9 Å². The monoisotopic (exact) mass is 291 g/mol. The molecular weight excluding hydrogens is 278 g/mol. The van der Waals surface area contributed by atoms with Crippen molar-refractivity contribution in [3.63, 3.8) is 0 Å². The van der Waals surface area contributed by atoms with Crippen LogP contribution in [0.5, 0.6) is 0 Å². The lowest BCUT2D eigenvalue weighted by Gasteiger charge is -2.31. The van der Waals surface area contributed by atoms with Crippen molar-refractivity contribution in [2.45, 2.75) is 31.3 Å². The van der Waals surface area contributed by atoms with Gasteiger partial charge >= 0.3 is 0 Å². The summed E-state index contributed by atoms with van der Waals surface area (Å²) in [6, 6.07) is 8.38. The molecule has 0 radical (unpaired) electrons. The van der Waals surface area contributed by atoms with Gasteiger partial charge in [-0.15, -0.1) is 0 Å². The van der Waals surface area contributed by atoms with Gasteiger partial charge in [-0.2, -0.15) is 0 Å². The summed E-state index contributed by atoms with van der Waals surface area (Å²) in [5, 5.41) is 0. The Balaban J connectivity index is 1.87. The highest BCUT2D eigenvalue weighted by Crippen LogP contribution is 2.32. The molecule has 1 aromatic carbocycles. The Morgan fingerprint density at radius 3 is 2.71 bits per heavy atom. The van der Waals surface area contributed by atoms with Gasteiger partial charge in [-0.1, -0.05) is 28.1 Å². The van der Waals surface area contributed by atoms with E-state index in [1.165, 1.54) is 0 Å². The lowest BCUT2D eigenvalue weighted by atomic mass is 10.1. The minimum absolute atomic E-state index is 0.175. The Kier molecular flexibility index (Phi) is 2.79. The highest BCUT2D eigenvalue weighted by Gasteiger charge is 2.37. The van der Waals surface area contributed by atoms with Gasteiger partial charge in [0.05, 0.1) is 6.04 Å². The molecule has 2 unspecified atom stereocenters. The zero-order chi connectivity index (χ0) is 11.8. The molecule has 0 saturated carbocycles. The molecule has 2 atom stereocenters. The number of carbonyl (C=O) groups is 1. The van der Waals surface area contributed by atoms with Gasteiger partial charge in [0.1, 0.15) is 0 Å². The van der Waals surface area contributed by atoms with Crippen LogP contribution in [0.25, 0.3) is 0 Å². The Morgan fingerprint density at radius 1 is 1.24 bits per heavy atom. The number of hydrogen-bond acceptors (Lipinski definition) is 1. The Labute approximate surface area is 109 Å². The van der Waals surface area contributed by atoms with Gasteiger partial charge in [0, 0.05) is 16.1 Å². The van der Waals surface area contributed by atoms with E-state index in [2.05, 4.69) is 33.0 Å². The van der Waals surface area contributed by atoms with Gasteiger partial charge in [0.25, 0.3) is 5.91 Å². The summed E-state index contributed by atoms with van der Waals surface area (Å²) in [6.07, 6.45) is 7.66. The van der Waals surface area contributed by atoms with Crippen LogP contribution >= 0.6 is 15.9 Å². The number of amides is 1. The molecule has 2 nitrogen and oxygen atoms in total. The first-order valence-corrected chi connectivity index (χ1v) is 6.80. The van der Waals surface area contributed by atoms with Gasteiger partial charge in [0.2, 0.25) is 0 Å². The normalized spacial score (nSPS) is 26.3. The number of carbonyl (C=O) groups excluding carboxylic acids is 1. The average Bonchev–Trinajstić information content (AvgIpc) is 2.59. The molecule has 2 heterocycles. The number of halogens is 1. The van der Waals surface area contributed by atoms with Crippen LogP contribution in [0.2, 0.25) is 0 Å². The van der Waals surface area contributed by atoms with E-state index in [0.29, 0.717) is 12.1 Å². The molecule has 0 aromatic heterocycles. The molecule has 17 heavy (non-hydrogen) atoms. The van der Waals surface area contributed by atoms with E-state index in [1.54, 1.807) is 0 Å². The van der Waals surface area contributed by atoms with Gasteiger partial charge in [-0.05, 0) is 43.5 Å². The van der Waals surface area contributed by atoms with Gasteiger partial charge in [-0.3, -0.25) is 4.79 Å². The van der Waals surface area contributed by atoms with Crippen LogP contribution < -0.4 is 0 Å². The van der Waals surface area contributed by atoms with Crippen LogP contribution in [0, 0.1) is 0 Å². The zero-order valence-corrected chi connectivity index (χ0v) is 11.1. The molecule has 0 aliphatic carbocycles. The number of hydrogen-bond donors (Lipinski definition) is 0. The summed E-state index contributed by atoms with van der Waals surface area (Å²) in [6.45, 7) is 0. The maximum Gasteiger partial charge on any atom is 0.254 e. The lowest BCUT2D eigenvalue weighted by Crippen LogP contribution is -2.42. The van der Waals surface area contributed by atoms with E-state index in [9.17, 15) is 4.79 Å². The van der Waals surface area contributed by atoms with Crippen molar-refractivity contribution in [3.8, 4) is 0 Å². The van der Waals surface area contributed by atoms with Crippen LogP contribution in [0.4, 0.5) is 0 Å². The first-order chi connectivity index (χ1) is 8.25. The summed E-state index contributed by atoms with van der Waals surface area (Å²) < 4.78 is 1.01. The molecule has 1 amide bonds. The first-order valence-electron chi connectivity index (χ1n) is 6.00. The second kappa shape index (κ2) is 4.30. The van der Waals surface area contributed by atoms with E-state index >= 15 is 0 Å². The topological polar surface area (TPSA) is 20.3 Å². The molecule has 1 saturated heterocycles. The number of fused-ring (bicyclic) bond motifs is 2. The summed E-state index contributed by atoms with van der Waals surface area (Å²) in [5.74, 6) is 0.175. The summed E-state index contributed by atoms with van der Waals surface area (Å²) >= 11 is 3.39. The fraction of sp³-hybridized carbons (Fsp3) is 0.357.